The van der Waals surface area contributed by atoms with E-state index in [1.54, 1.807) is 13.4 Å². The number of hydrogen-bond acceptors (Lipinski definition) is 6. The third-order valence-electron chi connectivity index (χ3n) is 3.53. The van der Waals surface area contributed by atoms with Crippen LogP contribution in [0.2, 0.25) is 0 Å². The summed E-state index contributed by atoms with van der Waals surface area (Å²) in [6.45, 7) is 4.89. The first-order chi connectivity index (χ1) is 9.26. The first-order valence-corrected chi connectivity index (χ1v) is 6.83. The summed E-state index contributed by atoms with van der Waals surface area (Å²) in [7, 11) is 3.81. The second-order valence-corrected chi connectivity index (χ2v) is 4.79. The Morgan fingerprint density at radius 2 is 2.11 bits per heavy atom. The van der Waals surface area contributed by atoms with Crippen molar-refractivity contribution in [2.75, 3.05) is 44.4 Å². The lowest BCUT2D eigenvalue weighted by molar-refractivity contribution is 0.321. The summed E-state index contributed by atoms with van der Waals surface area (Å²) in [5, 5.41) is 6.56. The lowest BCUT2D eigenvalue weighted by Gasteiger charge is -2.21. The quantitative estimate of drug-likeness (QED) is 0.811. The summed E-state index contributed by atoms with van der Waals surface area (Å²) in [5.74, 6) is 2.18. The molecule has 0 saturated carbocycles. The van der Waals surface area contributed by atoms with Gasteiger partial charge in [-0.15, -0.1) is 0 Å². The van der Waals surface area contributed by atoms with Crippen LogP contribution in [0.3, 0.4) is 0 Å². The van der Waals surface area contributed by atoms with Gasteiger partial charge < -0.3 is 20.3 Å². The van der Waals surface area contributed by atoms with Gasteiger partial charge in [-0.05, 0) is 33.4 Å². The maximum Gasteiger partial charge on any atom is 0.204 e. The number of nitrogens with zero attached hydrogens (tertiary/aromatic N) is 3. The predicted octanol–water partition coefficient (Wildman–Crippen LogP) is 1.42. The first kappa shape index (κ1) is 13.9. The number of anilines is 2. The van der Waals surface area contributed by atoms with Crippen LogP contribution < -0.4 is 15.4 Å². The molecule has 1 fully saturated rings. The number of ether oxygens (including phenoxy) is 1. The Labute approximate surface area is 114 Å². The molecular weight excluding hydrogens is 242 g/mol. The minimum atomic E-state index is 0.572. The fourth-order valence-electron chi connectivity index (χ4n) is 2.44. The number of rotatable bonds is 6. The summed E-state index contributed by atoms with van der Waals surface area (Å²) in [6, 6.07) is 0.572. The lowest BCUT2D eigenvalue weighted by atomic mass is 10.2. The van der Waals surface area contributed by atoms with Crippen LogP contribution in [0.15, 0.2) is 6.33 Å². The van der Waals surface area contributed by atoms with Gasteiger partial charge in [0.2, 0.25) is 5.75 Å². The van der Waals surface area contributed by atoms with Crippen molar-refractivity contribution in [2.45, 2.75) is 25.8 Å². The van der Waals surface area contributed by atoms with Crippen LogP contribution in [0.1, 0.15) is 19.8 Å². The van der Waals surface area contributed by atoms with Crippen LogP contribution >= 0.6 is 0 Å². The Balaban J connectivity index is 2.04. The summed E-state index contributed by atoms with van der Waals surface area (Å²) >= 11 is 0. The van der Waals surface area contributed by atoms with E-state index in [4.69, 9.17) is 4.74 Å². The highest BCUT2D eigenvalue weighted by atomic mass is 16.5. The monoisotopic (exact) mass is 265 g/mol. The Kier molecular flexibility index (Phi) is 4.79. The van der Waals surface area contributed by atoms with Crippen molar-refractivity contribution in [3.8, 4) is 5.75 Å². The van der Waals surface area contributed by atoms with E-state index in [2.05, 4.69) is 32.5 Å². The molecule has 0 spiro atoms. The van der Waals surface area contributed by atoms with Crippen LogP contribution in [0, 0.1) is 0 Å². The highest BCUT2D eigenvalue weighted by molar-refractivity contribution is 5.63. The molecule has 0 amide bonds. The van der Waals surface area contributed by atoms with Gasteiger partial charge in [0.15, 0.2) is 11.6 Å². The molecule has 0 aliphatic carbocycles. The van der Waals surface area contributed by atoms with Gasteiger partial charge in [-0.1, -0.05) is 0 Å². The predicted molar refractivity (Wildman–Crippen MR) is 76.9 cm³/mol. The molecule has 1 aliphatic rings. The molecule has 2 heterocycles. The van der Waals surface area contributed by atoms with Gasteiger partial charge in [-0.25, -0.2) is 9.97 Å². The molecule has 6 heteroatoms. The fraction of sp³-hybridized carbons (Fsp3) is 0.692. The molecule has 1 unspecified atom stereocenters. The van der Waals surface area contributed by atoms with E-state index in [0.29, 0.717) is 11.8 Å². The zero-order valence-corrected chi connectivity index (χ0v) is 11.9. The maximum absolute atomic E-state index is 5.41. The molecule has 2 rings (SSSR count). The highest BCUT2D eigenvalue weighted by Gasteiger charge is 2.21. The standard InChI is InChI=1S/C13H23N5O/c1-4-14-12-11(19-3)13(17-9-16-12)15-8-10-6-5-7-18(10)2/h9-10H,4-8H2,1-3H3,(H2,14,15,16,17). The molecule has 6 nitrogen and oxygen atoms in total. The molecule has 1 aromatic rings. The molecular formula is C13H23N5O. The zero-order valence-electron chi connectivity index (χ0n) is 11.9. The average molecular weight is 265 g/mol. The number of likely N-dealkylation sites (N-methyl/N-ethyl adjacent to an activating group) is 1. The van der Waals surface area contributed by atoms with E-state index in [-0.39, 0.29) is 0 Å². The van der Waals surface area contributed by atoms with Crippen molar-refractivity contribution in [1.82, 2.24) is 14.9 Å². The van der Waals surface area contributed by atoms with Crippen LogP contribution in [-0.2, 0) is 0 Å². The van der Waals surface area contributed by atoms with Gasteiger partial charge in [0, 0.05) is 19.1 Å². The normalized spacial score (nSPS) is 19.4. The molecule has 0 bridgehead atoms. The third-order valence-corrected chi connectivity index (χ3v) is 3.53. The summed E-state index contributed by atoms with van der Waals surface area (Å²) in [6.07, 6.45) is 4.06. The van der Waals surface area contributed by atoms with Crippen molar-refractivity contribution < 1.29 is 4.74 Å². The van der Waals surface area contributed by atoms with E-state index in [1.807, 2.05) is 6.92 Å². The smallest absolute Gasteiger partial charge is 0.204 e. The van der Waals surface area contributed by atoms with Gasteiger partial charge in [0.1, 0.15) is 6.33 Å². The SMILES string of the molecule is CCNc1ncnc(NCC2CCCN2C)c1OC. The number of hydrogen-bond donors (Lipinski definition) is 2. The number of methoxy groups -OCH3 is 1. The number of nitrogens with one attached hydrogen (secondary N) is 2. The molecule has 1 aliphatic heterocycles. The Bertz CT molecular complexity index is 412. The van der Waals surface area contributed by atoms with Crippen molar-refractivity contribution in [3.05, 3.63) is 6.33 Å². The van der Waals surface area contributed by atoms with Gasteiger partial charge in [-0.2, -0.15) is 0 Å². The number of likely N-dealkylation sites (tertiary alicyclic amines) is 1. The minimum absolute atomic E-state index is 0.572. The summed E-state index contributed by atoms with van der Waals surface area (Å²) in [5.41, 5.74) is 0. The third kappa shape index (κ3) is 3.26. The van der Waals surface area contributed by atoms with Gasteiger partial charge in [-0.3, -0.25) is 0 Å². The van der Waals surface area contributed by atoms with Gasteiger partial charge >= 0.3 is 0 Å². The second-order valence-electron chi connectivity index (χ2n) is 4.79. The Morgan fingerprint density at radius 1 is 1.37 bits per heavy atom. The summed E-state index contributed by atoms with van der Waals surface area (Å²) < 4.78 is 5.41. The largest absolute Gasteiger partial charge is 0.490 e. The van der Waals surface area contributed by atoms with Crippen LogP contribution in [-0.4, -0.2) is 54.7 Å². The topological polar surface area (TPSA) is 62.3 Å². The molecule has 0 aromatic carbocycles. The van der Waals surface area contributed by atoms with Gasteiger partial charge in [0.25, 0.3) is 0 Å². The van der Waals surface area contributed by atoms with E-state index in [9.17, 15) is 0 Å². The molecule has 19 heavy (non-hydrogen) atoms. The second kappa shape index (κ2) is 6.56. The molecule has 2 N–H and O–H groups in total. The van der Waals surface area contributed by atoms with Crippen molar-refractivity contribution >= 4 is 11.6 Å². The minimum Gasteiger partial charge on any atom is -0.490 e. The Hall–Kier alpha value is -1.56. The molecule has 1 saturated heterocycles. The van der Waals surface area contributed by atoms with Crippen molar-refractivity contribution in [2.24, 2.45) is 0 Å². The number of aromatic nitrogens is 2. The van der Waals surface area contributed by atoms with E-state index < -0.39 is 0 Å². The van der Waals surface area contributed by atoms with E-state index >= 15 is 0 Å². The van der Waals surface area contributed by atoms with Crippen molar-refractivity contribution in [3.63, 3.8) is 0 Å². The Morgan fingerprint density at radius 3 is 2.68 bits per heavy atom. The van der Waals surface area contributed by atoms with Crippen LogP contribution in [0.5, 0.6) is 5.75 Å². The van der Waals surface area contributed by atoms with Gasteiger partial charge in [0.05, 0.1) is 7.11 Å². The highest BCUT2D eigenvalue weighted by Crippen LogP contribution is 2.29. The molecule has 0 radical (unpaired) electrons. The summed E-state index contributed by atoms with van der Waals surface area (Å²) in [4.78, 5) is 10.9. The lowest BCUT2D eigenvalue weighted by Crippen LogP contribution is -2.31. The molecule has 1 aromatic heterocycles. The molecule has 106 valence electrons. The van der Waals surface area contributed by atoms with Crippen molar-refractivity contribution in [1.29, 1.82) is 0 Å². The van der Waals surface area contributed by atoms with Crippen LogP contribution in [0.25, 0.3) is 0 Å². The maximum atomic E-state index is 5.41. The molecule has 1 atom stereocenters. The first-order valence-electron chi connectivity index (χ1n) is 6.83. The van der Waals surface area contributed by atoms with E-state index in [0.717, 1.165) is 24.7 Å². The fourth-order valence-corrected chi connectivity index (χ4v) is 2.44. The van der Waals surface area contributed by atoms with Crippen LogP contribution in [0.4, 0.5) is 11.6 Å². The average Bonchev–Trinajstić information content (AvgIpc) is 2.82. The zero-order chi connectivity index (χ0) is 13.7. The van der Waals surface area contributed by atoms with E-state index in [1.165, 1.54) is 19.4 Å².